The maximum absolute atomic E-state index is 5.97. The van der Waals surface area contributed by atoms with Crippen LogP contribution < -0.4 is 15.1 Å². The van der Waals surface area contributed by atoms with E-state index in [0.29, 0.717) is 37.5 Å². The van der Waals surface area contributed by atoms with Gasteiger partial charge in [-0.15, -0.1) is 0 Å². The molecule has 1 aromatic heterocycles. The van der Waals surface area contributed by atoms with Crippen LogP contribution in [0.4, 0.5) is 11.6 Å². The molecule has 0 radical (unpaired) electrons. The Bertz CT molecular complexity index is 1030. The molecular weight excluding hydrogens is 428 g/mol. The van der Waals surface area contributed by atoms with Crippen molar-refractivity contribution in [3.05, 3.63) is 53.4 Å². The molecule has 2 aromatic rings. The topological polar surface area (TPSA) is 75.1 Å². The molecule has 4 rings (SSSR count). The number of nitrogens with zero attached hydrogens (tertiary/aromatic N) is 5. The number of hydrogen-bond donors (Lipinski definition) is 1. The number of aryl methyl sites for hydroxylation is 2. The summed E-state index contributed by atoms with van der Waals surface area (Å²) in [5, 5.41) is 4.73. The van der Waals surface area contributed by atoms with Crippen molar-refractivity contribution in [1.29, 1.82) is 0 Å². The minimum Gasteiger partial charge on any atom is -0.478 e. The number of aromatic nitrogens is 2. The summed E-state index contributed by atoms with van der Waals surface area (Å²) in [7, 11) is 0. The Morgan fingerprint density at radius 3 is 2.74 bits per heavy atom. The zero-order valence-electron chi connectivity index (χ0n) is 20.6. The molecule has 0 unspecified atom stereocenters. The smallest absolute Gasteiger partial charge is 0.320 e. The van der Waals surface area contributed by atoms with Gasteiger partial charge in [0.15, 0.2) is 11.7 Å². The number of fused-ring (bicyclic) bond motifs is 1. The molecule has 0 atom stereocenters. The fourth-order valence-corrected chi connectivity index (χ4v) is 4.36. The lowest BCUT2D eigenvalue weighted by Gasteiger charge is -2.23. The Hall–Kier alpha value is -3.29. The van der Waals surface area contributed by atoms with E-state index in [9.17, 15) is 0 Å². The third kappa shape index (κ3) is 5.79. The van der Waals surface area contributed by atoms with Crippen LogP contribution in [0.25, 0.3) is 0 Å². The van der Waals surface area contributed by atoms with Crippen molar-refractivity contribution >= 4 is 17.3 Å². The fourth-order valence-electron chi connectivity index (χ4n) is 4.36. The fraction of sp³-hybridized carbons (Fsp3) is 0.500. The number of hydrazone groups is 1. The van der Waals surface area contributed by atoms with Gasteiger partial charge in [0, 0.05) is 24.7 Å². The van der Waals surface area contributed by atoms with E-state index in [1.807, 2.05) is 6.07 Å². The van der Waals surface area contributed by atoms with Crippen molar-refractivity contribution in [1.82, 2.24) is 14.9 Å². The van der Waals surface area contributed by atoms with Crippen molar-refractivity contribution < 1.29 is 9.47 Å². The van der Waals surface area contributed by atoms with Gasteiger partial charge < -0.3 is 19.3 Å². The van der Waals surface area contributed by atoms with Crippen molar-refractivity contribution in [2.75, 3.05) is 49.7 Å². The summed E-state index contributed by atoms with van der Waals surface area (Å²) in [6, 6.07) is 8.89. The summed E-state index contributed by atoms with van der Waals surface area (Å²) < 4.78 is 11.4. The molecule has 0 amide bonds. The number of anilines is 2. The van der Waals surface area contributed by atoms with Crippen LogP contribution in [0.2, 0.25) is 0 Å². The van der Waals surface area contributed by atoms with Crippen LogP contribution in [0.15, 0.2) is 41.8 Å². The third-order valence-corrected chi connectivity index (χ3v) is 6.09. The van der Waals surface area contributed by atoms with E-state index < -0.39 is 0 Å². The normalized spacial score (nSPS) is 16.0. The molecule has 1 fully saturated rings. The lowest BCUT2D eigenvalue weighted by molar-refractivity contribution is 0.207. The number of nitrogens with one attached hydrogen (secondary N) is 1. The van der Waals surface area contributed by atoms with Gasteiger partial charge in [-0.3, -0.25) is 5.43 Å². The van der Waals surface area contributed by atoms with Crippen molar-refractivity contribution in [3.63, 3.8) is 0 Å². The standard InChI is InChI=1S/C26H36N6O2/c1-5-11-32(12-6-2)25-18-24(27-26(28-25)34-16-14-31-13-15-33-20(31)4)30-29-23-10-9-21-8-7-19(3)17-22(21)23/h7-8,17-18H,4-6,9-16H2,1-3H3,(H,27,28,30)/b29-23+. The van der Waals surface area contributed by atoms with E-state index in [0.717, 1.165) is 56.8 Å². The highest BCUT2D eigenvalue weighted by Gasteiger charge is 2.19. The van der Waals surface area contributed by atoms with E-state index in [2.05, 4.69) is 65.8 Å². The average molecular weight is 465 g/mol. The molecular formula is C26H36N6O2. The third-order valence-electron chi connectivity index (χ3n) is 6.09. The largest absolute Gasteiger partial charge is 0.478 e. The molecule has 1 aliphatic carbocycles. The summed E-state index contributed by atoms with van der Waals surface area (Å²) in [5.41, 5.74) is 8.08. The van der Waals surface area contributed by atoms with Crippen LogP contribution in [-0.2, 0) is 11.2 Å². The van der Waals surface area contributed by atoms with E-state index in [-0.39, 0.29) is 0 Å². The van der Waals surface area contributed by atoms with E-state index >= 15 is 0 Å². The van der Waals surface area contributed by atoms with Crippen LogP contribution in [0.1, 0.15) is 49.8 Å². The second kappa shape index (κ2) is 11.2. The number of rotatable bonds is 11. The molecule has 1 N–H and O–H groups in total. The second-order valence-corrected chi connectivity index (χ2v) is 8.79. The molecule has 8 nitrogen and oxygen atoms in total. The SMILES string of the molecule is C=C1OCCN1CCOc1nc(N/N=C2\CCc3ccc(C)cc32)cc(N(CCC)CCC)n1. The highest BCUT2D eigenvalue weighted by atomic mass is 16.5. The molecule has 0 spiro atoms. The van der Waals surface area contributed by atoms with Gasteiger partial charge in [-0.05, 0) is 50.8 Å². The van der Waals surface area contributed by atoms with Gasteiger partial charge >= 0.3 is 6.01 Å². The zero-order valence-corrected chi connectivity index (χ0v) is 20.6. The van der Waals surface area contributed by atoms with E-state index in [1.165, 1.54) is 16.7 Å². The Morgan fingerprint density at radius 1 is 1.18 bits per heavy atom. The first-order valence-electron chi connectivity index (χ1n) is 12.3. The molecule has 1 saturated heterocycles. The molecule has 34 heavy (non-hydrogen) atoms. The van der Waals surface area contributed by atoms with Gasteiger partial charge in [0.05, 0.1) is 18.8 Å². The summed E-state index contributed by atoms with van der Waals surface area (Å²) in [4.78, 5) is 13.7. The van der Waals surface area contributed by atoms with Gasteiger partial charge in [0.2, 0.25) is 0 Å². The minimum absolute atomic E-state index is 0.353. The maximum atomic E-state index is 5.97. The lowest BCUT2D eigenvalue weighted by Crippen LogP contribution is -2.27. The summed E-state index contributed by atoms with van der Waals surface area (Å²) in [5.74, 6) is 2.19. The van der Waals surface area contributed by atoms with Gasteiger partial charge in [-0.25, -0.2) is 0 Å². The lowest BCUT2D eigenvalue weighted by atomic mass is 10.1. The molecule has 182 valence electrons. The second-order valence-electron chi connectivity index (χ2n) is 8.79. The monoisotopic (exact) mass is 464 g/mol. The van der Waals surface area contributed by atoms with Gasteiger partial charge in [0.1, 0.15) is 19.0 Å². The Morgan fingerprint density at radius 2 is 2.00 bits per heavy atom. The molecule has 8 heteroatoms. The van der Waals surface area contributed by atoms with Gasteiger partial charge in [0.25, 0.3) is 0 Å². The first-order valence-corrected chi connectivity index (χ1v) is 12.3. The van der Waals surface area contributed by atoms with Crippen LogP contribution in [0.5, 0.6) is 6.01 Å². The Labute approximate surface area is 202 Å². The predicted molar refractivity (Wildman–Crippen MR) is 137 cm³/mol. The summed E-state index contributed by atoms with van der Waals surface area (Å²) in [6.07, 6.45) is 4.02. The number of benzene rings is 1. The summed E-state index contributed by atoms with van der Waals surface area (Å²) in [6.45, 7) is 14.9. The van der Waals surface area contributed by atoms with E-state index in [1.54, 1.807) is 0 Å². The van der Waals surface area contributed by atoms with Gasteiger partial charge in [-0.2, -0.15) is 15.1 Å². The molecule has 0 bridgehead atoms. The first-order chi connectivity index (χ1) is 16.6. The Balaban J connectivity index is 1.53. The van der Waals surface area contributed by atoms with Crippen LogP contribution in [0, 0.1) is 6.92 Å². The first kappa shape index (κ1) is 23.9. The van der Waals surface area contributed by atoms with Crippen LogP contribution in [-0.4, -0.2) is 60.0 Å². The highest BCUT2D eigenvalue weighted by Crippen LogP contribution is 2.25. The van der Waals surface area contributed by atoms with Crippen LogP contribution >= 0.6 is 0 Å². The van der Waals surface area contributed by atoms with E-state index in [4.69, 9.17) is 19.6 Å². The van der Waals surface area contributed by atoms with Crippen molar-refractivity contribution in [3.8, 4) is 6.01 Å². The highest BCUT2D eigenvalue weighted by molar-refractivity contribution is 6.04. The maximum Gasteiger partial charge on any atom is 0.320 e. The quantitative estimate of drug-likeness (QED) is 0.495. The molecule has 1 aliphatic heterocycles. The van der Waals surface area contributed by atoms with Crippen LogP contribution in [0.3, 0.4) is 0 Å². The van der Waals surface area contributed by atoms with Gasteiger partial charge in [-0.1, -0.05) is 31.5 Å². The average Bonchev–Trinajstić information content (AvgIpc) is 3.43. The van der Waals surface area contributed by atoms with Crippen molar-refractivity contribution in [2.45, 2.75) is 46.5 Å². The Kier molecular flexibility index (Phi) is 7.87. The minimum atomic E-state index is 0.353. The molecule has 2 aliphatic rings. The molecule has 2 heterocycles. The molecule has 1 aromatic carbocycles. The van der Waals surface area contributed by atoms with Crippen molar-refractivity contribution in [2.24, 2.45) is 5.10 Å². The summed E-state index contributed by atoms with van der Waals surface area (Å²) >= 11 is 0. The number of ether oxygens (including phenoxy) is 2. The zero-order chi connectivity index (χ0) is 23.9. The predicted octanol–water partition coefficient (Wildman–Crippen LogP) is 4.36. The molecule has 0 saturated carbocycles. The number of hydrogen-bond acceptors (Lipinski definition) is 8.